The van der Waals surface area contributed by atoms with Crippen LogP contribution in [0.2, 0.25) is 0 Å². The molecule has 0 saturated heterocycles. The maximum atomic E-state index is 4.22. The third-order valence-electron chi connectivity index (χ3n) is 4.00. The van der Waals surface area contributed by atoms with E-state index in [9.17, 15) is 0 Å². The number of likely N-dealkylation sites (N-methyl/N-ethyl adjacent to an activating group) is 1. The van der Waals surface area contributed by atoms with Crippen molar-refractivity contribution in [2.24, 2.45) is 0 Å². The van der Waals surface area contributed by atoms with Crippen LogP contribution in [0.15, 0.2) is 18.3 Å². The van der Waals surface area contributed by atoms with Crippen molar-refractivity contribution in [2.75, 3.05) is 26.0 Å². The first kappa shape index (κ1) is 12.4. The molecule has 1 aromatic rings. The summed E-state index contributed by atoms with van der Waals surface area (Å²) in [7, 11) is 4.40. The van der Waals surface area contributed by atoms with E-state index in [1.165, 1.54) is 31.4 Å². The van der Waals surface area contributed by atoms with Gasteiger partial charge in [0.15, 0.2) is 0 Å². The fourth-order valence-electron chi connectivity index (χ4n) is 2.74. The molecule has 0 atom stereocenters. The zero-order valence-corrected chi connectivity index (χ0v) is 11.2. The number of hydrogen-bond donors (Lipinski definition) is 1. The molecular formula is C14H23N3. The molecule has 3 nitrogen and oxygen atoms in total. The molecule has 0 radical (unpaired) electrons. The Morgan fingerprint density at radius 2 is 2.06 bits per heavy atom. The van der Waals surface area contributed by atoms with Crippen LogP contribution in [0.4, 0.5) is 5.69 Å². The summed E-state index contributed by atoms with van der Waals surface area (Å²) in [6.45, 7) is 3.06. The van der Waals surface area contributed by atoms with E-state index in [1.807, 2.05) is 19.2 Å². The molecule has 3 heteroatoms. The summed E-state index contributed by atoms with van der Waals surface area (Å²) in [4.78, 5) is 6.61. The molecule has 2 rings (SSSR count). The second-order valence-corrected chi connectivity index (χ2v) is 5.37. The number of pyridine rings is 1. The lowest BCUT2D eigenvalue weighted by atomic mass is 9.96. The zero-order chi connectivity index (χ0) is 12.3. The minimum atomic E-state index is 0.344. The third kappa shape index (κ3) is 2.78. The van der Waals surface area contributed by atoms with Gasteiger partial charge in [0.25, 0.3) is 0 Å². The Morgan fingerprint density at radius 1 is 1.35 bits per heavy atom. The lowest BCUT2D eigenvalue weighted by Crippen LogP contribution is -2.47. The minimum Gasteiger partial charge on any atom is -0.383 e. The zero-order valence-electron chi connectivity index (χ0n) is 11.2. The molecule has 1 saturated carbocycles. The van der Waals surface area contributed by atoms with Crippen LogP contribution < -0.4 is 5.32 Å². The van der Waals surface area contributed by atoms with Gasteiger partial charge in [0.05, 0.1) is 0 Å². The molecule has 17 heavy (non-hydrogen) atoms. The summed E-state index contributed by atoms with van der Waals surface area (Å²) < 4.78 is 0. The highest BCUT2D eigenvalue weighted by molar-refractivity contribution is 5.43. The standard InChI is InChI=1S/C14H23N3/c1-12-10-13(6-9-15-12)16-11-14(17(2)3)7-4-5-8-14/h6,9-10H,4-5,7-8,11H2,1-3H3,(H,15,16). The van der Waals surface area contributed by atoms with Gasteiger partial charge in [0.2, 0.25) is 0 Å². The van der Waals surface area contributed by atoms with Gasteiger partial charge in [-0.3, -0.25) is 4.98 Å². The number of rotatable bonds is 4. The Balaban J connectivity index is 2.01. The van der Waals surface area contributed by atoms with E-state index in [-0.39, 0.29) is 0 Å². The van der Waals surface area contributed by atoms with Crippen molar-refractivity contribution < 1.29 is 0 Å². The minimum absolute atomic E-state index is 0.344. The molecule has 1 N–H and O–H groups in total. The maximum Gasteiger partial charge on any atom is 0.0393 e. The summed E-state index contributed by atoms with van der Waals surface area (Å²) in [5, 5.41) is 3.57. The first-order valence-electron chi connectivity index (χ1n) is 6.46. The molecule has 0 aliphatic heterocycles. The van der Waals surface area contributed by atoms with Crippen molar-refractivity contribution in [3.63, 3.8) is 0 Å². The van der Waals surface area contributed by atoms with Crippen LogP contribution in [0.3, 0.4) is 0 Å². The molecule has 1 aliphatic rings. The smallest absolute Gasteiger partial charge is 0.0393 e. The Bertz CT molecular complexity index is 367. The molecule has 94 valence electrons. The van der Waals surface area contributed by atoms with Crippen LogP contribution in [0.5, 0.6) is 0 Å². The quantitative estimate of drug-likeness (QED) is 0.866. The second kappa shape index (κ2) is 5.05. The molecule has 1 aromatic heterocycles. The van der Waals surface area contributed by atoms with E-state index in [1.54, 1.807) is 0 Å². The average molecular weight is 233 g/mol. The van der Waals surface area contributed by atoms with Gasteiger partial charge in [-0.2, -0.15) is 0 Å². The largest absolute Gasteiger partial charge is 0.383 e. The van der Waals surface area contributed by atoms with Gasteiger partial charge in [0.1, 0.15) is 0 Å². The van der Waals surface area contributed by atoms with Crippen molar-refractivity contribution in [1.82, 2.24) is 9.88 Å². The van der Waals surface area contributed by atoms with Crippen molar-refractivity contribution in [1.29, 1.82) is 0 Å². The predicted octanol–water partition coefficient (Wildman–Crippen LogP) is 2.68. The first-order valence-corrected chi connectivity index (χ1v) is 6.46. The summed E-state index contributed by atoms with van der Waals surface area (Å²) in [6.07, 6.45) is 7.19. The summed E-state index contributed by atoms with van der Waals surface area (Å²) >= 11 is 0. The van der Waals surface area contributed by atoms with Crippen molar-refractivity contribution in [3.05, 3.63) is 24.0 Å². The first-order chi connectivity index (χ1) is 8.12. The van der Waals surface area contributed by atoms with Crippen molar-refractivity contribution in [2.45, 2.75) is 38.1 Å². The van der Waals surface area contributed by atoms with E-state index in [0.717, 1.165) is 12.2 Å². The molecule has 0 aromatic carbocycles. The van der Waals surface area contributed by atoms with Crippen molar-refractivity contribution >= 4 is 5.69 Å². The highest BCUT2D eigenvalue weighted by Gasteiger charge is 2.35. The van der Waals surface area contributed by atoms with Crippen LogP contribution in [0.1, 0.15) is 31.4 Å². The SMILES string of the molecule is Cc1cc(NCC2(N(C)C)CCCC2)ccn1. The van der Waals surface area contributed by atoms with Gasteiger partial charge in [-0.05, 0) is 46.0 Å². The molecule has 0 spiro atoms. The monoisotopic (exact) mass is 233 g/mol. The number of nitrogens with one attached hydrogen (secondary N) is 1. The molecule has 1 fully saturated rings. The number of hydrogen-bond acceptors (Lipinski definition) is 3. The van der Waals surface area contributed by atoms with E-state index < -0.39 is 0 Å². The third-order valence-corrected chi connectivity index (χ3v) is 4.00. The number of nitrogens with zero attached hydrogens (tertiary/aromatic N) is 2. The van der Waals surface area contributed by atoms with Crippen LogP contribution in [-0.2, 0) is 0 Å². The predicted molar refractivity (Wildman–Crippen MR) is 72.3 cm³/mol. The van der Waals surface area contributed by atoms with Crippen LogP contribution >= 0.6 is 0 Å². The second-order valence-electron chi connectivity index (χ2n) is 5.37. The highest BCUT2D eigenvalue weighted by Crippen LogP contribution is 2.33. The van der Waals surface area contributed by atoms with Gasteiger partial charge in [-0.1, -0.05) is 12.8 Å². The molecule has 1 heterocycles. The summed E-state index contributed by atoms with van der Waals surface area (Å²) in [5.74, 6) is 0. The normalized spacial score (nSPS) is 18.6. The topological polar surface area (TPSA) is 28.2 Å². The van der Waals surface area contributed by atoms with E-state index in [0.29, 0.717) is 5.54 Å². The lowest BCUT2D eigenvalue weighted by Gasteiger charge is -2.36. The fraction of sp³-hybridized carbons (Fsp3) is 0.643. The number of aryl methyl sites for hydroxylation is 1. The Kier molecular flexibility index (Phi) is 3.67. The van der Waals surface area contributed by atoms with E-state index in [4.69, 9.17) is 0 Å². The van der Waals surface area contributed by atoms with E-state index in [2.05, 4.69) is 35.4 Å². The van der Waals surface area contributed by atoms with Crippen LogP contribution in [0.25, 0.3) is 0 Å². The molecule has 0 amide bonds. The Morgan fingerprint density at radius 3 is 2.65 bits per heavy atom. The van der Waals surface area contributed by atoms with Gasteiger partial charge in [0, 0.05) is 29.7 Å². The fourth-order valence-corrected chi connectivity index (χ4v) is 2.74. The highest BCUT2D eigenvalue weighted by atomic mass is 15.2. The lowest BCUT2D eigenvalue weighted by molar-refractivity contribution is 0.172. The average Bonchev–Trinajstić information content (AvgIpc) is 2.76. The molecule has 0 unspecified atom stereocenters. The van der Waals surface area contributed by atoms with E-state index >= 15 is 0 Å². The number of aromatic nitrogens is 1. The number of anilines is 1. The molecule has 0 bridgehead atoms. The van der Waals surface area contributed by atoms with Gasteiger partial charge in [-0.25, -0.2) is 0 Å². The Hall–Kier alpha value is -1.09. The molecule has 1 aliphatic carbocycles. The Labute approximate surface area is 104 Å². The van der Waals surface area contributed by atoms with Gasteiger partial charge < -0.3 is 10.2 Å². The molecular weight excluding hydrogens is 210 g/mol. The maximum absolute atomic E-state index is 4.22. The van der Waals surface area contributed by atoms with Crippen molar-refractivity contribution in [3.8, 4) is 0 Å². The summed E-state index contributed by atoms with van der Waals surface area (Å²) in [5.41, 5.74) is 2.60. The van der Waals surface area contributed by atoms with Crippen LogP contribution in [-0.4, -0.2) is 36.1 Å². The van der Waals surface area contributed by atoms with Gasteiger partial charge >= 0.3 is 0 Å². The van der Waals surface area contributed by atoms with Gasteiger partial charge in [-0.15, -0.1) is 0 Å². The van der Waals surface area contributed by atoms with Crippen LogP contribution in [0, 0.1) is 6.92 Å². The summed E-state index contributed by atoms with van der Waals surface area (Å²) in [6, 6.07) is 4.16.